The van der Waals surface area contributed by atoms with Crippen LogP contribution in [0.2, 0.25) is 0 Å². The first-order valence-corrected chi connectivity index (χ1v) is 7.57. The molecule has 2 aromatic rings. The predicted molar refractivity (Wildman–Crippen MR) is 90.8 cm³/mol. The Morgan fingerprint density at radius 3 is 2.58 bits per heavy atom. The molecule has 0 fully saturated rings. The van der Waals surface area contributed by atoms with E-state index in [1.165, 1.54) is 18.2 Å². The summed E-state index contributed by atoms with van der Waals surface area (Å²) >= 11 is 0. The number of esters is 1. The zero-order valence-corrected chi connectivity index (χ0v) is 13.3. The van der Waals surface area contributed by atoms with Crippen LogP contribution in [0.1, 0.15) is 18.1 Å². The minimum Gasteiger partial charge on any atom is -0.452 e. The summed E-state index contributed by atoms with van der Waals surface area (Å²) in [5, 5.41) is 2.70. The standard InChI is InChI=1S/C19H18FNO3/c1-2-14-7-4-6-10-17(14)21-18(22)13-24-19(23)12-11-15-8-3-5-9-16(15)20/h3-12H,2,13H2,1H3,(H,21,22)/b12-11+. The number of amides is 1. The molecule has 1 N–H and O–H groups in total. The van der Waals surface area contributed by atoms with Crippen molar-refractivity contribution in [1.82, 2.24) is 0 Å². The molecule has 0 atom stereocenters. The summed E-state index contributed by atoms with van der Waals surface area (Å²) < 4.78 is 18.3. The van der Waals surface area contributed by atoms with E-state index in [9.17, 15) is 14.0 Å². The number of aryl methyl sites for hydroxylation is 1. The zero-order valence-electron chi connectivity index (χ0n) is 13.3. The smallest absolute Gasteiger partial charge is 0.331 e. The summed E-state index contributed by atoms with van der Waals surface area (Å²) in [4.78, 5) is 23.4. The Balaban J connectivity index is 1.85. The van der Waals surface area contributed by atoms with Crippen molar-refractivity contribution in [3.63, 3.8) is 0 Å². The van der Waals surface area contributed by atoms with E-state index in [-0.39, 0.29) is 5.56 Å². The maximum atomic E-state index is 13.4. The molecule has 0 saturated heterocycles. The number of ether oxygens (including phenoxy) is 1. The number of carbonyl (C=O) groups is 2. The van der Waals surface area contributed by atoms with Crippen molar-refractivity contribution in [2.45, 2.75) is 13.3 Å². The number of rotatable bonds is 6. The van der Waals surface area contributed by atoms with Crippen LogP contribution in [-0.2, 0) is 20.7 Å². The first-order chi connectivity index (χ1) is 11.6. The van der Waals surface area contributed by atoms with Crippen molar-refractivity contribution in [2.24, 2.45) is 0 Å². The highest BCUT2D eigenvalue weighted by atomic mass is 19.1. The number of para-hydroxylation sites is 1. The fourth-order valence-corrected chi connectivity index (χ4v) is 2.09. The van der Waals surface area contributed by atoms with E-state index in [1.54, 1.807) is 18.2 Å². The Hall–Kier alpha value is -2.95. The van der Waals surface area contributed by atoms with Crippen molar-refractivity contribution in [3.8, 4) is 0 Å². The van der Waals surface area contributed by atoms with E-state index >= 15 is 0 Å². The van der Waals surface area contributed by atoms with Gasteiger partial charge < -0.3 is 10.1 Å². The van der Waals surface area contributed by atoms with Gasteiger partial charge in [0.2, 0.25) is 0 Å². The van der Waals surface area contributed by atoms with Gasteiger partial charge in [0.15, 0.2) is 6.61 Å². The second-order valence-electron chi connectivity index (χ2n) is 5.02. The summed E-state index contributed by atoms with van der Waals surface area (Å²) in [5.41, 5.74) is 1.97. The van der Waals surface area contributed by atoms with Crippen LogP contribution in [-0.4, -0.2) is 18.5 Å². The second-order valence-corrected chi connectivity index (χ2v) is 5.02. The van der Waals surface area contributed by atoms with Gasteiger partial charge in [0, 0.05) is 17.3 Å². The SMILES string of the molecule is CCc1ccccc1NC(=O)COC(=O)/C=C/c1ccccc1F. The Kier molecular flexibility index (Phi) is 6.25. The first kappa shape index (κ1) is 17.4. The van der Waals surface area contributed by atoms with Crippen LogP contribution >= 0.6 is 0 Å². The van der Waals surface area contributed by atoms with E-state index in [0.717, 1.165) is 18.1 Å². The van der Waals surface area contributed by atoms with E-state index in [0.29, 0.717) is 5.69 Å². The van der Waals surface area contributed by atoms with E-state index in [1.807, 2.05) is 25.1 Å². The van der Waals surface area contributed by atoms with Crippen LogP contribution in [0.4, 0.5) is 10.1 Å². The summed E-state index contributed by atoms with van der Waals surface area (Å²) in [6.45, 7) is 1.58. The van der Waals surface area contributed by atoms with Crippen molar-refractivity contribution < 1.29 is 18.7 Å². The zero-order chi connectivity index (χ0) is 17.4. The maximum Gasteiger partial charge on any atom is 0.331 e. The average Bonchev–Trinajstić information content (AvgIpc) is 2.59. The molecule has 5 heteroatoms. The van der Waals surface area contributed by atoms with Crippen LogP contribution in [0, 0.1) is 5.82 Å². The maximum absolute atomic E-state index is 13.4. The Labute approximate surface area is 140 Å². The molecule has 24 heavy (non-hydrogen) atoms. The third-order valence-electron chi connectivity index (χ3n) is 3.32. The molecule has 2 rings (SSSR count). The molecule has 0 radical (unpaired) electrons. The number of halogens is 1. The lowest BCUT2D eigenvalue weighted by Gasteiger charge is -2.09. The number of anilines is 1. The Morgan fingerprint density at radius 1 is 1.12 bits per heavy atom. The van der Waals surface area contributed by atoms with Gasteiger partial charge in [-0.3, -0.25) is 4.79 Å². The molecule has 0 aliphatic rings. The van der Waals surface area contributed by atoms with Crippen LogP contribution < -0.4 is 5.32 Å². The van der Waals surface area contributed by atoms with Crippen molar-refractivity contribution in [2.75, 3.05) is 11.9 Å². The molecule has 0 bridgehead atoms. The minimum atomic E-state index is -0.711. The van der Waals surface area contributed by atoms with Crippen LogP contribution in [0.3, 0.4) is 0 Å². The molecule has 0 saturated carbocycles. The molecule has 0 aliphatic carbocycles. The lowest BCUT2D eigenvalue weighted by molar-refractivity contribution is -0.142. The quantitative estimate of drug-likeness (QED) is 0.652. The third kappa shape index (κ3) is 5.05. The van der Waals surface area contributed by atoms with Crippen LogP contribution in [0.25, 0.3) is 6.08 Å². The summed E-state index contributed by atoms with van der Waals surface area (Å²) in [7, 11) is 0. The molecule has 0 aromatic heterocycles. The van der Waals surface area contributed by atoms with Crippen molar-refractivity contribution >= 4 is 23.6 Å². The normalized spacial score (nSPS) is 10.6. The summed E-state index contributed by atoms with van der Waals surface area (Å²) in [6, 6.07) is 13.5. The monoisotopic (exact) mass is 327 g/mol. The number of nitrogens with one attached hydrogen (secondary N) is 1. The lowest BCUT2D eigenvalue weighted by Crippen LogP contribution is -2.20. The molecular formula is C19H18FNO3. The molecular weight excluding hydrogens is 309 g/mol. The second kappa shape index (κ2) is 8.62. The highest BCUT2D eigenvalue weighted by Crippen LogP contribution is 2.15. The summed E-state index contributed by atoms with van der Waals surface area (Å²) in [5.74, 6) is -1.57. The van der Waals surface area contributed by atoms with Gasteiger partial charge in [-0.15, -0.1) is 0 Å². The summed E-state index contributed by atoms with van der Waals surface area (Å²) in [6.07, 6.45) is 3.18. The van der Waals surface area contributed by atoms with Gasteiger partial charge >= 0.3 is 5.97 Å². The Morgan fingerprint density at radius 2 is 1.83 bits per heavy atom. The highest BCUT2D eigenvalue weighted by Gasteiger charge is 2.08. The van der Waals surface area contributed by atoms with Gasteiger partial charge in [0.05, 0.1) is 0 Å². The largest absolute Gasteiger partial charge is 0.452 e. The Bertz CT molecular complexity index is 756. The van der Waals surface area contributed by atoms with Crippen LogP contribution in [0.15, 0.2) is 54.6 Å². The average molecular weight is 327 g/mol. The van der Waals surface area contributed by atoms with Crippen LogP contribution in [0.5, 0.6) is 0 Å². The fraction of sp³-hybridized carbons (Fsp3) is 0.158. The molecule has 1 amide bonds. The van der Waals surface area contributed by atoms with Gasteiger partial charge in [-0.05, 0) is 30.2 Å². The number of hydrogen-bond acceptors (Lipinski definition) is 3. The van der Waals surface area contributed by atoms with Gasteiger partial charge in [-0.2, -0.15) is 0 Å². The first-order valence-electron chi connectivity index (χ1n) is 7.57. The van der Waals surface area contributed by atoms with E-state index in [4.69, 9.17) is 4.74 Å². The number of benzene rings is 2. The van der Waals surface area contributed by atoms with Crippen molar-refractivity contribution in [1.29, 1.82) is 0 Å². The third-order valence-corrected chi connectivity index (χ3v) is 3.32. The van der Waals surface area contributed by atoms with Gasteiger partial charge in [-0.1, -0.05) is 43.3 Å². The lowest BCUT2D eigenvalue weighted by atomic mass is 10.1. The number of hydrogen-bond donors (Lipinski definition) is 1. The highest BCUT2D eigenvalue weighted by molar-refractivity contribution is 5.95. The topological polar surface area (TPSA) is 55.4 Å². The van der Waals surface area contributed by atoms with E-state index < -0.39 is 24.3 Å². The van der Waals surface area contributed by atoms with Gasteiger partial charge in [0.25, 0.3) is 5.91 Å². The molecule has 0 aliphatic heterocycles. The molecule has 0 spiro atoms. The van der Waals surface area contributed by atoms with E-state index in [2.05, 4.69) is 5.32 Å². The molecule has 4 nitrogen and oxygen atoms in total. The number of carbonyl (C=O) groups excluding carboxylic acids is 2. The van der Waals surface area contributed by atoms with Gasteiger partial charge in [0.1, 0.15) is 5.82 Å². The molecule has 0 heterocycles. The molecule has 0 unspecified atom stereocenters. The predicted octanol–water partition coefficient (Wildman–Crippen LogP) is 3.58. The molecule has 2 aromatic carbocycles. The van der Waals surface area contributed by atoms with Gasteiger partial charge in [-0.25, -0.2) is 9.18 Å². The van der Waals surface area contributed by atoms with Crippen molar-refractivity contribution in [3.05, 3.63) is 71.6 Å². The minimum absolute atomic E-state index is 0.274. The molecule has 124 valence electrons. The fourth-order valence-electron chi connectivity index (χ4n) is 2.09.